The van der Waals surface area contributed by atoms with Crippen LogP contribution in [0.15, 0.2) is 6.20 Å². The molecule has 1 unspecified atom stereocenters. The van der Waals surface area contributed by atoms with E-state index < -0.39 is 0 Å². The fourth-order valence-electron chi connectivity index (χ4n) is 2.91. The van der Waals surface area contributed by atoms with E-state index >= 15 is 0 Å². The van der Waals surface area contributed by atoms with Crippen LogP contribution in [0.4, 0.5) is 5.69 Å². The van der Waals surface area contributed by atoms with Gasteiger partial charge in [0.15, 0.2) is 0 Å². The van der Waals surface area contributed by atoms with Gasteiger partial charge in [-0.1, -0.05) is 20.8 Å². The predicted molar refractivity (Wildman–Crippen MR) is 88.8 cm³/mol. The number of piperidine rings is 1. The lowest BCUT2D eigenvalue weighted by atomic mass is 10.0. The van der Waals surface area contributed by atoms with Gasteiger partial charge in [0.2, 0.25) is 0 Å². The van der Waals surface area contributed by atoms with E-state index in [2.05, 4.69) is 42.9 Å². The third kappa shape index (κ3) is 4.16. The minimum atomic E-state index is 0.378. The van der Waals surface area contributed by atoms with Gasteiger partial charge in [0.1, 0.15) is 5.82 Å². The topological polar surface area (TPSA) is 41.1 Å². The Morgan fingerprint density at radius 2 is 2.19 bits per heavy atom. The smallest absolute Gasteiger partial charge is 0.131 e. The highest BCUT2D eigenvalue weighted by atomic mass is 15.2. The van der Waals surface area contributed by atoms with E-state index in [1.807, 2.05) is 6.20 Å². The van der Waals surface area contributed by atoms with E-state index in [0.29, 0.717) is 12.0 Å². The average Bonchev–Trinajstić information content (AvgIpc) is 2.48. The molecule has 2 heterocycles. The SMILES string of the molecule is CCCNCc1nc(C(C)C)ncc1N1CCCCC1C. The van der Waals surface area contributed by atoms with Crippen molar-refractivity contribution in [3.63, 3.8) is 0 Å². The molecule has 1 aromatic rings. The first kappa shape index (κ1) is 16.2. The molecule has 0 amide bonds. The maximum atomic E-state index is 4.84. The van der Waals surface area contributed by atoms with Gasteiger partial charge in [-0.15, -0.1) is 0 Å². The van der Waals surface area contributed by atoms with E-state index in [1.165, 1.54) is 24.9 Å². The summed E-state index contributed by atoms with van der Waals surface area (Å²) < 4.78 is 0. The van der Waals surface area contributed by atoms with E-state index in [-0.39, 0.29) is 0 Å². The fraction of sp³-hybridized carbons (Fsp3) is 0.765. The Labute approximate surface area is 129 Å². The van der Waals surface area contributed by atoms with Crippen molar-refractivity contribution in [2.45, 2.75) is 71.9 Å². The largest absolute Gasteiger partial charge is 0.366 e. The molecule has 1 aliphatic heterocycles. The first-order valence-electron chi connectivity index (χ1n) is 8.46. The van der Waals surface area contributed by atoms with Gasteiger partial charge >= 0.3 is 0 Å². The number of nitrogens with zero attached hydrogens (tertiary/aromatic N) is 3. The minimum absolute atomic E-state index is 0.378. The zero-order chi connectivity index (χ0) is 15.2. The van der Waals surface area contributed by atoms with Crippen LogP contribution in [0.5, 0.6) is 0 Å². The molecule has 4 heteroatoms. The standard InChI is InChI=1S/C17H30N4/c1-5-9-18-11-15-16(12-19-17(20-15)13(2)3)21-10-7-6-8-14(21)4/h12-14,18H,5-11H2,1-4H3. The summed E-state index contributed by atoms with van der Waals surface area (Å²) in [4.78, 5) is 11.9. The Balaban J connectivity index is 2.24. The molecule has 0 bridgehead atoms. The van der Waals surface area contributed by atoms with E-state index in [1.54, 1.807) is 0 Å². The third-order valence-corrected chi connectivity index (χ3v) is 4.21. The van der Waals surface area contributed by atoms with Crippen molar-refractivity contribution in [1.82, 2.24) is 15.3 Å². The van der Waals surface area contributed by atoms with Crippen molar-refractivity contribution in [2.75, 3.05) is 18.0 Å². The monoisotopic (exact) mass is 290 g/mol. The Hall–Kier alpha value is -1.16. The lowest BCUT2D eigenvalue weighted by Crippen LogP contribution is -2.38. The molecule has 0 spiro atoms. The van der Waals surface area contributed by atoms with Gasteiger partial charge in [-0.05, 0) is 39.2 Å². The van der Waals surface area contributed by atoms with Crippen molar-refractivity contribution in [2.24, 2.45) is 0 Å². The highest BCUT2D eigenvalue weighted by molar-refractivity contribution is 5.50. The molecule has 21 heavy (non-hydrogen) atoms. The number of anilines is 1. The van der Waals surface area contributed by atoms with Crippen molar-refractivity contribution in [1.29, 1.82) is 0 Å². The van der Waals surface area contributed by atoms with Gasteiger partial charge in [-0.2, -0.15) is 0 Å². The number of nitrogens with one attached hydrogen (secondary N) is 1. The molecule has 1 atom stereocenters. The fourth-order valence-corrected chi connectivity index (χ4v) is 2.91. The van der Waals surface area contributed by atoms with Crippen molar-refractivity contribution in [3.8, 4) is 0 Å². The molecule has 1 N–H and O–H groups in total. The normalized spacial score (nSPS) is 19.3. The first-order chi connectivity index (χ1) is 10.1. The van der Waals surface area contributed by atoms with Crippen LogP contribution in [0.25, 0.3) is 0 Å². The number of hydrogen-bond donors (Lipinski definition) is 1. The molecule has 2 rings (SSSR count). The number of aromatic nitrogens is 2. The van der Waals surface area contributed by atoms with Crippen LogP contribution >= 0.6 is 0 Å². The van der Waals surface area contributed by atoms with Gasteiger partial charge in [-0.3, -0.25) is 0 Å². The summed E-state index contributed by atoms with van der Waals surface area (Å²) in [6, 6.07) is 0.595. The molecule has 0 radical (unpaired) electrons. The zero-order valence-electron chi connectivity index (χ0n) is 14.0. The highest BCUT2D eigenvalue weighted by Gasteiger charge is 2.22. The summed E-state index contributed by atoms with van der Waals surface area (Å²) in [5, 5.41) is 3.49. The molecule has 4 nitrogen and oxygen atoms in total. The van der Waals surface area contributed by atoms with Gasteiger partial charge in [0, 0.05) is 25.0 Å². The quantitative estimate of drug-likeness (QED) is 0.814. The molecule has 0 saturated carbocycles. The summed E-state index contributed by atoms with van der Waals surface area (Å²) in [7, 11) is 0. The van der Waals surface area contributed by atoms with Crippen LogP contribution in [-0.4, -0.2) is 29.1 Å². The molecule has 1 saturated heterocycles. The Morgan fingerprint density at radius 1 is 1.38 bits per heavy atom. The summed E-state index contributed by atoms with van der Waals surface area (Å²) in [6.07, 6.45) is 7.09. The molecule has 118 valence electrons. The average molecular weight is 290 g/mol. The van der Waals surface area contributed by atoms with Crippen LogP contribution in [0, 0.1) is 0 Å². The Kier molecular flexibility index (Phi) is 5.97. The lowest BCUT2D eigenvalue weighted by molar-refractivity contribution is 0.481. The van der Waals surface area contributed by atoms with Crippen LogP contribution in [0.1, 0.15) is 70.8 Å². The minimum Gasteiger partial charge on any atom is -0.366 e. The van der Waals surface area contributed by atoms with Gasteiger partial charge in [0.25, 0.3) is 0 Å². The summed E-state index contributed by atoms with van der Waals surface area (Å²) in [6.45, 7) is 11.8. The Morgan fingerprint density at radius 3 is 2.86 bits per heavy atom. The van der Waals surface area contributed by atoms with Crippen LogP contribution in [0.2, 0.25) is 0 Å². The second-order valence-corrected chi connectivity index (χ2v) is 6.43. The van der Waals surface area contributed by atoms with E-state index in [9.17, 15) is 0 Å². The maximum Gasteiger partial charge on any atom is 0.131 e. The predicted octanol–water partition coefficient (Wildman–Crippen LogP) is 3.48. The third-order valence-electron chi connectivity index (χ3n) is 4.21. The van der Waals surface area contributed by atoms with Crippen LogP contribution < -0.4 is 10.2 Å². The molecule has 1 aromatic heterocycles. The van der Waals surface area contributed by atoms with Crippen molar-refractivity contribution < 1.29 is 0 Å². The zero-order valence-corrected chi connectivity index (χ0v) is 14.0. The van der Waals surface area contributed by atoms with Gasteiger partial charge in [0.05, 0.1) is 17.6 Å². The van der Waals surface area contributed by atoms with E-state index in [4.69, 9.17) is 4.98 Å². The molecule has 0 aliphatic carbocycles. The van der Waals surface area contributed by atoms with Crippen molar-refractivity contribution >= 4 is 5.69 Å². The summed E-state index contributed by atoms with van der Waals surface area (Å²) >= 11 is 0. The highest BCUT2D eigenvalue weighted by Crippen LogP contribution is 2.27. The molecular formula is C17H30N4. The molecule has 1 fully saturated rings. The van der Waals surface area contributed by atoms with Crippen molar-refractivity contribution in [3.05, 3.63) is 17.7 Å². The number of rotatable bonds is 6. The molecule has 0 aromatic carbocycles. The maximum absolute atomic E-state index is 4.84. The van der Waals surface area contributed by atoms with Gasteiger partial charge in [-0.25, -0.2) is 9.97 Å². The van der Waals surface area contributed by atoms with Crippen LogP contribution in [-0.2, 0) is 6.54 Å². The molecular weight excluding hydrogens is 260 g/mol. The molecule has 1 aliphatic rings. The van der Waals surface area contributed by atoms with E-state index in [0.717, 1.165) is 37.6 Å². The summed E-state index contributed by atoms with van der Waals surface area (Å²) in [5.74, 6) is 1.33. The first-order valence-corrected chi connectivity index (χ1v) is 8.46. The lowest BCUT2D eigenvalue weighted by Gasteiger charge is -2.36. The Bertz CT molecular complexity index is 444. The van der Waals surface area contributed by atoms with Gasteiger partial charge < -0.3 is 10.2 Å². The summed E-state index contributed by atoms with van der Waals surface area (Å²) in [5.41, 5.74) is 2.39. The second-order valence-electron chi connectivity index (χ2n) is 6.43. The second kappa shape index (κ2) is 7.74. The number of hydrogen-bond acceptors (Lipinski definition) is 4. The van der Waals surface area contributed by atoms with Crippen LogP contribution in [0.3, 0.4) is 0 Å².